The number of nitrogens with one attached hydrogen (secondary N) is 1. The first kappa shape index (κ1) is 14.9. The number of benzene rings is 1. The zero-order valence-corrected chi connectivity index (χ0v) is 11.5. The van der Waals surface area contributed by atoms with Crippen LogP contribution in [0.1, 0.15) is 24.8 Å². The summed E-state index contributed by atoms with van der Waals surface area (Å²) < 4.78 is 40.5. The molecule has 2 unspecified atom stereocenters. The van der Waals surface area contributed by atoms with Gasteiger partial charge in [-0.15, -0.1) is 0 Å². The minimum absolute atomic E-state index is 0.0958. The monoisotopic (exact) mass is 298 g/mol. The molecule has 1 aromatic carbocycles. The molecule has 5 nitrogen and oxygen atoms in total. The third-order valence-corrected chi connectivity index (χ3v) is 5.11. The molecule has 0 bridgehead atoms. The van der Waals surface area contributed by atoms with E-state index >= 15 is 0 Å². The van der Waals surface area contributed by atoms with Gasteiger partial charge in [0.1, 0.15) is 22.3 Å². The van der Waals surface area contributed by atoms with E-state index in [-0.39, 0.29) is 23.5 Å². The first-order valence-corrected chi connectivity index (χ1v) is 7.79. The maximum atomic E-state index is 13.5. The lowest BCUT2D eigenvalue weighted by Gasteiger charge is -2.19. The molecule has 0 aliphatic heterocycles. The first-order chi connectivity index (χ1) is 9.49. The highest BCUT2D eigenvalue weighted by Crippen LogP contribution is 2.27. The molecular formula is C13H15FN2O3S. The Hall–Kier alpha value is -1.49. The Morgan fingerprint density at radius 1 is 1.45 bits per heavy atom. The first-order valence-electron chi connectivity index (χ1n) is 6.31. The fourth-order valence-corrected chi connectivity index (χ4v) is 4.02. The lowest BCUT2D eigenvalue weighted by atomic mass is 10.1. The van der Waals surface area contributed by atoms with E-state index in [2.05, 4.69) is 4.72 Å². The van der Waals surface area contributed by atoms with Crippen molar-refractivity contribution in [1.29, 1.82) is 5.26 Å². The average Bonchev–Trinajstić information content (AvgIpc) is 2.84. The summed E-state index contributed by atoms with van der Waals surface area (Å²) in [6.45, 7) is -0.0958. The van der Waals surface area contributed by atoms with Crippen molar-refractivity contribution in [3.63, 3.8) is 0 Å². The minimum Gasteiger partial charge on any atom is -0.396 e. The number of aliphatic hydroxyl groups excluding tert-OH is 1. The molecule has 0 aromatic heterocycles. The van der Waals surface area contributed by atoms with Gasteiger partial charge in [-0.1, -0.05) is 12.5 Å². The van der Waals surface area contributed by atoms with E-state index in [1.54, 1.807) is 6.07 Å². The predicted molar refractivity (Wildman–Crippen MR) is 69.7 cm³/mol. The number of hydrogen-bond acceptors (Lipinski definition) is 4. The second-order valence-electron chi connectivity index (χ2n) is 4.83. The number of halogens is 1. The second-order valence-corrected chi connectivity index (χ2v) is 6.51. The third kappa shape index (κ3) is 2.82. The van der Waals surface area contributed by atoms with Crippen LogP contribution >= 0.6 is 0 Å². The summed E-state index contributed by atoms with van der Waals surface area (Å²) in [6, 6.07) is 4.70. The van der Waals surface area contributed by atoms with Crippen molar-refractivity contribution in [2.75, 3.05) is 6.61 Å². The van der Waals surface area contributed by atoms with Gasteiger partial charge in [-0.2, -0.15) is 5.26 Å². The Kier molecular flexibility index (Phi) is 4.38. The van der Waals surface area contributed by atoms with Gasteiger partial charge in [-0.05, 0) is 30.9 Å². The van der Waals surface area contributed by atoms with E-state index in [4.69, 9.17) is 5.26 Å². The molecule has 2 rings (SSSR count). The van der Waals surface area contributed by atoms with Crippen molar-refractivity contribution in [1.82, 2.24) is 4.72 Å². The molecule has 1 aliphatic rings. The maximum absolute atomic E-state index is 13.5. The fraction of sp³-hybridized carbons (Fsp3) is 0.462. The van der Waals surface area contributed by atoms with Crippen molar-refractivity contribution < 1.29 is 17.9 Å². The number of nitriles is 1. The number of sulfonamides is 1. The lowest BCUT2D eigenvalue weighted by molar-refractivity contribution is 0.213. The maximum Gasteiger partial charge on any atom is 0.242 e. The quantitative estimate of drug-likeness (QED) is 0.872. The van der Waals surface area contributed by atoms with Crippen LogP contribution in [0.5, 0.6) is 0 Å². The molecule has 1 fully saturated rings. The molecule has 0 radical (unpaired) electrons. The molecule has 0 saturated heterocycles. The van der Waals surface area contributed by atoms with Gasteiger partial charge >= 0.3 is 0 Å². The van der Waals surface area contributed by atoms with Crippen LogP contribution in [0.2, 0.25) is 0 Å². The zero-order valence-electron chi connectivity index (χ0n) is 10.7. The molecule has 0 heterocycles. The van der Waals surface area contributed by atoms with Crippen molar-refractivity contribution >= 4 is 10.0 Å². The van der Waals surface area contributed by atoms with E-state index in [0.717, 1.165) is 18.9 Å². The molecular weight excluding hydrogens is 283 g/mol. The van der Waals surface area contributed by atoms with Gasteiger partial charge in [0, 0.05) is 12.6 Å². The van der Waals surface area contributed by atoms with Crippen LogP contribution in [0.25, 0.3) is 0 Å². The highest BCUT2D eigenvalue weighted by atomic mass is 32.2. The smallest absolute Gasteiger partial charge is 0.242 e. The van der Waals surface area contributed by atoms with E-state index in [9.17, 15) is 17.9 Å². The Labute approximate surface area is 117 Å². The summed E-state index contributed by atoms with van der Waals surface area (Å²) in [5, 5.41) is 18.1. The largest absolute Gasteiger partial charge is 0.396 e. The minimum atomic E-state index is -3.98. The zero-order chi connectivity index (χ0) is 14.8. The van der Waals surface area contributed by atoms with Crippen LogP contribution in [0.15, 0.2) is 23.1 Å². The topological polar surface area (TPSA) is 90.2 Å². The van der Waals surface area contributed by atoms with Crippen LogP contribution in [0, 0.1) is 23.1 Å². The molecule has 2 N–H and O–H groups in total. The van der Waals surface area contributed by atoms with Crippen LogP contribution in [0.4, 0.5) is 4.39 Å². The van der Waals surface area contributed by atoms with Gasteiger partial charge in [-0.3, -0.25) is 0 Å². The number of rotatable bonds is 4. The van der Waals surface area contributed by atoms with E-state index in [1.165, 1.54) is 12.1 Å². The second kappa shape index (κ2) is 5.87. The lowest BCUT2D eigenvalue weighted by Crippen LogP contribution is -2.38. The summed E-state index contributed by atoms with van der Waals surface area (Å²) in [7, 11) is -3.98. The van der Waals surface area contributed by atoms with Crippen molar-refractivity contribution in [3.05, 3.63) is 29.6 Å². The van der Waals surface area contributed by atoms with Gasteiger partial charge in [-0.25, -0.2) is 17.5 Å². The van der Waals surface area contributed by atoms with E-state index in [1.807, 2.05) is 0 Å². The van der Waals surface area contributed by atoms with Gasteiger partial charge in [0.05, 0.1) is 0 Å². The van der Waals surface area contributed by atoms with Crippen LogP contribution in [-0.4, -0.2) is 26.2 Å². The molecule has 20 heavy (non-hydrogen) atoms. The fourth-order valence-electron chi connectivity index (χ4n) is 2.51. The summed E-state index contributed by atoms with van der Waals surface area (Å²) in [4.78, 5) is -0.358. The van der Waals surface area contributed by atoms with Crippen molar-refractivity contribution in [2.45, 2.75) is 30.2 Å². The molecule has 1 aromatic rings. The summed E-state index contributed by atoms with van der Waals surface area (Å²) in [6.07, 6.45) is 2.20. The number of nitrogens with zero attached hydrogens (tertiary/aromatic N) is 1. The Morgan fingerprint density at radius 3 is 2.85 bits per heavy atom. The summed E-state index contributed by atoms with van der Waals surface area (Å²) in [5.41, 5.74) is -0.487. The molecule has 1 saturated carbocycles. The molecule has 0 amide bonds. The molecule has 2 atom stereocenters. The molecule has 0 spiro atoms. The Bertz CT molecular complexity index is 640. The summed E-state index contributed by atoms with van der Waals surface area (Å²) in [5.74, 6) is -0.996. The van der Waals surface area contributed by atoms with Gasteiger partial charge in [0.15, 0.2) is 0 Å². The number of aliphatic hydroxyl groups is 1. The molecule has 1 aliphatic carbocycles. The standard InChI is InChI=1S/C13H15FN2O3S/c14-11-4-2-6-13(10(11)7-15)20(18,19)16-12-5-1-3-9(12)8-17/h2,4,6,9,12,16-17H,1,3,5,8H2. The predicted octanol–water partition coefficient (Wildman–Crippen LogP) is 1.14. The highest BCUT2D eigenvalue weighted by molar-refractivity contribution is 7.89. The average molecular weight is 298 g/mol. The van der Waals surface area contributed by atoms with Crippen LogP contribution in [-0.2, 0) is 10.0 Å². The van der Waals surface area contributed by atoms with Crippen molar-refractivity contribution in [2.24, 2.45) is 5.92 Å². The third-order valence-electron chi connectivity index (χ3n) is 3.58. The van der Waals surface area contributed by atoms with Gasteiger partial charge in [0.25, 0.3) is 0 Å². The van der Waals surface area contributed by atoms with Gasteiger partial charge < -0.3 is 5.11 Å². The Balaban J connectivity index is 2.32. The van der Waals surface area contributed by atoms with Crippen LogP contribution in [0.3, 0.4) is 0 Å². The van der Waals surface area contributed by atoms with E-state index in [0.29, 0.717) is 6.42 Å². The number of hydrogen-bond donors (Lipinski definition) is 2. The molecule has 108 valence electrons. The highest BCUT2D eigenvalue weighted by Gasteiger charge is 2.32. The van der Waals surface area contributed by atoms with Gasteiger partial charge in [0.2, 0.25) is 10.0 Å². The Morgan fingerprint density at radius 2 is 2.20 bits per heavy atom. The SMILES string of the molecule is N#Cc1c(F)cccc1S(=O)(=O)NC1CCCC1CO. The molecule has 7 heteroatoms. The van der Waals surface area contributed by atoms with Crippen molar-refractivity contribution in [3.8, 4) is 6.07 Å². The van der Waals surface area contributed by atoms with E-state index < -0.39 is 21.4 Å². The van der Waals surface area contributed by atoms with Crippen LogP contribution < -0.4 is 4.72 Å². The summed E-state index contributed by atoms with van der Waals surface area (Å²) >= 11 is 0. The normalized spacial score (nSPS) is 22.6.